The lowest BCUT2D eigenvalue weighted by atomic mass is 9.85. The number of hydrogen-bond acceptors (Lipinski definition) is 6. The van der Waals surface area contributed by atoms with Crippen molar-refractivity contribution >= 4 is 5.78 Å². The minimum atomic E-state index is -0.0957. The molecule has 0 saturated carbocycles. The van der Waals surface area contributed by atoms with Crippen LogP contribution in [-0.2, 0) is 6.42 Å². The zero-order valence-corrected chi connectivity index (χ0v) is 18.1. The van der Waals surface area contributed by atoms with E-state index in [0.717, 1.165) is 24.1 Å². The maximum atomic E-state index is 13.4. The first-order chi connectivity index (χ1) is 14.4. The Labute approximate surface area is 176 Å². The summed E-state index contributed by atoms with van der Waals surface area (Å²) in [6, 6.07) is 7.22. The molecule has 2 aromatic rings. The zero-order chi connectivity index (χ0) is 21.5. The minimum Gasteiger partial charge on any atom is -0.497 e. The monoisotopic (exact) mass is 414 g/mol. The lowest BCUT2D eigenvalue weighted by Crippen LogP contribution is -2.48. The predicted molar refractivity (Wildman–Crippen MR) is 111 cm³/mol. The average molecular weight is 414 g/mol. The lowest BCUT2D eigenvalue weighted by molar-refractivity contribution is -0.922. The molecule has 160 valence electrons. The van der Waals surface area contributed by atoms with Gasteiger partial charge in [-0.05, 0) is 29.8 Å². The van der Waals surface area contributed by atoms with E-state index < -0.39 is 0 Å². The SMILES string of the molecule is COc1ccc(OC)c(C(=O)C[C@H]2c3c(cc4c(c3OC)OCO4)CC[N+]2(C)C)c1. The van der Waals surface area contributed by atoms with E-state index in [9.17, 15) is 4.79 Å². The summed E-state index contributed by atoms with van der Waals surface area (Å²) in [5.74, 6) is 3.15. The van der Waals surface area contributed by atoms with Crippen LogP contribution in [-0.4, -0.2) is 59.0 Å². The largest absolute Gasteiger partial charge is 0.497 e. The maximum Gasteiger partial charge on any atom is 0.231 e. The number of benzene rings is 2. The summed E-state index contributed by atoms with van der Waals surface area (Å²) >= 11 is 0. The summed E-state index contributed by atoms with van der Waals surface area (Å²) in [4.78, 5) is 13.4. The summed E-state index contributed by atoms with van der Waals surface area (Å²) < 4.78 is 28.5. The van der Waals surface area contributed by atoms with Crippen molar-refractivity contribution in [1.82, 2.24) is 0 Å². The summed E-state index contributed by atoms with van der Waals surface area (Å²) in [5, 5.41) is 0. The van der Waals surface area contributed by atoms with E-state index in [1.807, 2.05) is 6.07 Å². The molecular weight excluding hydrogens is 386 g/mol. The molecule has 0 aliphatic carbocycles. The van der Waals surface area contributed by atoms with Crippen molar-refractivity contribution in [1.29, 1.82) is 0 Å². The van der Waals surface area contributed by atoms with Gasteiger partial charge in [0.2, 0.25) is 12.5 Å². The van der Waals surface area contributed by atoms with Gasteiger partial charge in [-0.25, -0.2) is 0 Å². The van der Waals surface area contributed by atoms with E-state index >= 15 is 0 Å². The first kappa shape index (κ1) is 20.3. The highest BCUT2D eigenvalue weighted by Crippen LogP contribution is 2.51. The van der Waals surface area contributed by atoms with Gasteiger partial charge in [-0.3, -0.25) is 4.79 Å². The third-order valence-corrected chi connectivity index (χ3v) is 6.17. The Morgan fingerprint density at radius 3 is 2.60 bits per heavy atom. The highest BCUT2D eigenvalue weighted by atomic mass is 16.7. The summed E-state index contributed by atoms with van der Waals surface area (Å²) in [6.45, 7) is 1.08. The number of nitrogens with zero attached hydrogens (tertiary/aromatic N) is 1. The fraction of sp³-hybridized carbons (Fsp3) is 0.435. The minimum absolute atomic E-state index is 0.00507. The first-order valence-electron chi connectivity index (χ1n) is 9.97. The fourth-order valence-corrected chi connectivity index (χ4v) is 4.43. The van der Waals surface area contributed by atoms with Crippen molar-refractivity contribution in [2.24, 2.45) is 0 Å². The van der Waals surface area contributed by atoms with E-state index in [-0.39, 0.29) is 18.6 Å². The standard InChI is InChI=1S/C23H28NO6/c1-24(2)9-8-14-10-20-22(30-13-29-20)23(28-5)21(14)17(24)12-18(25)16-11-15(26-3)6-7-19(16)27-4/h6-7,10-11,17H,8-9,12-13H2,1-5H3/q+1/t17-/m0/s1. The van der Waals surface area contributed by atoms with Gasteiger partial charge in [-0.2, -0.15) is 0 Å². The molecule has 7 heteroatoms. The molecule has 0 N–H and O–H groups in total. The normalized spacial score (nSPS) is 18.5. The van der Waals surface area contributed by atoms with Crippen LogP contribution in [0.5, 0.6) is 28.7 Å². The van der Waals surface area contributed by atoms with Crippen LogP contribution in [0.1, 0.15) is 33.9 Å². The number of methoxy groups -OCH3 is 3. The van der Waals surface area contributed by atoms with Gasteiger partial charge in [-0.1, -0.05) is 0 Å². The molecule has 30 heavy (non-hydrogen) atoms. The third-order valence-electron chi connectivity index (χ3n) is 6.17. The van der Waals surface area contributed by atoms with Gasteiger partial charge in [0.05, 0.1) is 59.5 Å². The lowest BCUT2D eigenvalue weighted by Gasteiger charge is -2.43. The summed E-state index contributed by atoms with van der Waals surface area (Å²) in [6.07, 6.45) is 1.18. The van der Waals surface area contributed by atoms with E-state index in [1.54, 1.807) is 39.5 Å². The molecule has 2 aromatic carbocycles. The molecule has 7 nitrogen and oxygen atoms in total. The Morgan fingerprint density at radius 2 is 1.90 bits per heavy atom. The van der Waals surface area contributed by atoms with Gasteiger partial charge in [0.15, 0.2) is 17.3 Å². The Hall–Kier alpha value is -2.93. The van der Waals surface area contributed by atoms with Gasteiger partial charge in [0.1, 0.15) is 17.5 Å². The third kappa shape index (κ3) is 3.33. The van der Waals surface area contributed by atoms with Crippen LogP contribution in [0.3, 0.4) is 0 Å². The van der Waals surface area contributed by atoms with Crippen molar-refractivity contribution in [3.05, 3.63) is 41.0 Å². The molecule has 0 bridgehead atoms. The molecule has 1 atom stereocenters. The number of carbonyl (C=O) groups excluding carboxylic acids is 1. The molecular formula is C23H28NO6+. The van der Waals surface area contributed by atoms with Crippen molar-refractivity contribution in [3.63, 3.8) is 0 Å². The molecule has 0 unspecified atom stereocenters. The molecule has 0 amide bonds. The Balaban J connectivity index is 1.77. The molecule has 2 heterocycles. The van der Waals surface area contributed by atoms with E-state index in [2.05, 4.69) is 14.1 Å². The number of likely N-dealkylation sites (N-methyl/N-ethyl adjacent to an activating group) is 1. The number of quaternary nitrogens is 1. The Morgan fingerprint density at radius 1 is 1.10 bits per heavy atom. The molecule has 4 rings (SSSR count). The number of ketones is 1. The molecule has 0 spiro atoms. The highest BCUT2D eigenvalue weighted by Gasteiger charge is 2.42. The molecule has 0 fully saturated rings. The second-order valence-electron chi connectivity index (χ2n) is 8.18. The number of ether oxygens (including phenoxy) is 5. The summed E-state index contributed by atoms with van der Waals surface area (Å²) in [5.41, 5.74) is 2.68. The zero-order valence-electron chi connectivity index (χ0n) is 18.1. The second kappa shape index (κ2) is 7.72. The van der Waals surface area contributed by atoms with E-state index in [0.29, 0.717) is 45.2 Å². The van der Waals surface area contributed by atoms with Gasteiger partial charge in [0.25, 0.3) is 0 Å². The number of rotatable bonds is 6. The van der Waals surface area contributed by atoms with E-state index in [4.69, 9.17) is 23.7 Å². The maximum absolute atomic E-state index is 13.4. The number of hydrogen-bond donors (Lipinski definition) is 0. The predicted octanol–water partition coefficient (Wildman–Crippen LogP) is 3.39. The van der Waals surface area contributed by atoms with Gasteiger partial charge < -0.3 is 28.2 Å². The van der Waals surface area contributed by atoms with Crippen molar-refractivity contribution in [2.45, 2.75) is 18.9 Å². The quantitative estimate of drug-likeness (QED) is 0.533. The molecule has 0 aromatic heterocycles. The fourth-order valence-electron chi connectivity index (χ4n) is 4.43. The summed E-state index contributed by atoms with van der Waals surface area (Å²) in [7, 11) is 9.08. The topological polar surface area (TPSA) is 63.2 Å². The Bertz CT molecular complexity index is 984. The molecule has 2 aliphatic heterocycles. The molecule has 0 saturated heterocycles. The number of fused-ring (bicyclic) bond motifs is 2. The van der Waals surface area contributed by atoms with Crippen LogP contribution in [0.25, 0.3) is 0 Å². The van der Waals surface area contributed by atoms with Crippen molar-refractivity contribution in [2.75, 3.05) is 48.8 Å². The molecule has 0 radical (unpaired) electrons. The smallest absolute Gasteiger partial charge is 0.231 e. The van der Waals surface area contributed by atoms with Crippen LogP contribution >= 0.6 is 0 Å². The van der Waals surface area contributed by atoms with Gasteiger partial charge in [-0.15, -0.1) is 0 Å². The van der Waals surface area contributed by atoms with Crippen molar-refractivity contribution in [3.8, 4) is 28.7 Å². The van der Waals surface area contributed by atoms with Crippen LogP contribution < -0.4 is 23.7 Å². The van der Waals surface area contributed by atoms with Crippen LogP contribution in [0.15, 0.2) is 24.3 Å². The Kier molecular flexibility index (Phi) is 5.24. The second-order valence-corrected chi connectivity index (χ2v) is 8.18. The molecule has 2 aliphatic rings. The number of carbonyl (C=O) groups is 1. The van der Waals surface area contributed by atoms with Crippen LogP contribution in [0, 0.1) is 0 Å². The van der Waals surface area contributed by atoms with Crippen molar-refractivity contribution < 1.29 is 33.0 Å². The average Bonchev–Trinajstić information content (AvgIpc) is 3.22. The van der Waals surface area contributed by atoms with Crippen LogP contribution in [0.4, 0.5) is 0 Å². The van der Waals surface area contributed by atoms with Crippen LogP contribution in [0.2, 0.25) is 0 Å². The highest BCUT2D eigenvalue weighted by molar-refractivity contribution is 5.99. The first-order valence-corrected chi connectivity index (χ1v) is 9.97. The van der Waals surface area contributed by atoms with Gasteiger partial charge >= 0.3 is 0 Å². The van der Waals surface area contributed by atoms with Gasteiger partial charge in [0, 0.05) is 6.42 Å². The number of Topliss-reactive ketones (excluding diaryl/α,β-unsaturated/α-hetero) is 1. The van der Waals surface area contributed by atoms with E-state index in [1.165, 1.54) is 0 Å².